The van der Waals surface area contributed by atoms with Crippen LogP contribution in [-0.4, -0.2) is 30.0 Å². The molecular formula is C13H15N3O2. The molecule has 2 heterocycles. The van der Waals surface area contributed by atoms with E-state index < -0.39 is 0 Å². The Kier molecular flexibility index (Phi) is 2.76. The molecule has 94 valence electrons. The van der Waals surface area contributed by atoms with Crippen LogP contribution in [0.2, 0.25) is 0 Å². The van der Waals surface area contributed by atoms with Crippen molar-refractivity contribution in [2.24, 2.45) is 0 Å². The van der Waals surface area contributed by atoms with Gasteiger partial charge in [0.1, 0.15) is 5.52 Å². The molecule has 1 aromatic carbocycles. The van der Waals surface area contributed by atoms with Gasteiger partial charge in [-0.2, -0.15) is 0 Å². The van der Waals surface area contributed by atoms with Crippen LogP contribution in [0.5, 0.6) is 0 Å². The standard InChI is InChI=1S/C13H15N3O2/c1-8-3-2-4-10-12(8)16-11(18-10)7-9-13(17)15-6-5-14-9/h2-4,9,14H,5-7H2,1H3,(H,15,17). The molecule has 0 bridgehead atoms. The molecule has 1 unspecified atom stereocenters. The van der Waals surface area contributed by atoms with Crippen LogP contribution in [0, 0.1) is 6.92 Å². The number of amides is 1. The molecule has 18 heavy (non-hydrogen) atoms. The van der Waals surface area contributed by atoms with Gasteiger partial charge in [-0.1, -0.05) is 12.1 Å². The number of carbonyl (C=O) groups is 1. The molecule has 0 spiro atoms. The smallest absolute Gasteiger partial charge is 0.237 e. The Balaban J connectivity index is 1.86. The number of oxazole rings is 1. The number of aromatic nitrogens is 1. The summed E-state index contributed by atoms with van der Waals surface area (Å²) in [6.07, 6.45) is 0.486. The topological polar surface area (TPSA) is 67.2 Å². The summed E-state index contributed by atoms with van der Waals surface area (Å²) in [6, 6.07) is 5.60. The zero-order valence-electron chi connectivity index (χ0n) is 10.2. The van der Waals surface area contributed by atoms with Crippen molar-refractivity contribution >= 4 is 17.0 Å². The summed E-state index contributed by atoms with van der Waals surface area (Å²) in [5.74, 6) is 0.620. The van der Waals surface area contributed by atoms with Gasteiger partial charge in [-0.05, 0) is 18.6 Å². The van der Waals surface area contributed by atoms with Gasteiger partial charge in [0.2, 0.25) is 5.91 Å². The quantitative estimate of drug-likeness (QED) is 0.820. The molecular weight excluding hydrogens is 230 g/mol. The summed E-state index contributed by atoms with van der Waals surface area (Å²) in [5, 5.41) is 5.99. The average molecular weight is 245 g/mol. The van der Waals surface area contributed by atoms with Gasteiger partial charge < -0.3 is 15.1 Å². The lowest BCUT2D eigenvalue weighted by molar-refractivity contribution is -0.124. The molecule has 2 aromatic rings. The predicted molar refractivity (Wildman–Crippen MR) is 67.3 cm³/mol. The first-order chi connectivity index (χ1) is 8.74. The number of hydrogen-bond donors (Lipinski definition) is 2. The largest absolute Gasteiger partial charge is 0.441 e. The fourth-order valence-corrected chi connectivity index (χ4v) is 2.21. The fourth-order valence-electron chi connectivity index (χ4n) is 2.21. The van der Waals surface area contributed by atoms with Gasteiger partial charge in [-0.3, -0.25) is 4.79 Å². The third-order valence-corrected chi connectivity index (χ3v) is 3.18. The van der Waals surface area contributed by atoms with Crippen LogP contribution in [0.15, 0.2) is 22.6 Å². The molecule has 1 fully saturated rings. The van der Waals surface area contributed by atoms with E-state index >= 15 is 0 Å². The van der Waals surface area contributed by atoms with Crippen molar-refractivity contribution in [1.29, 1.82) is 0 Å². The summed E-state index contributed by atoms with van der Waals surface area (Å²) in [5.41, 5.74) is 2.74. The lowest BCUT2D eigenvalue weighted by Crippen LogP contribution is -2.53. The van der Waals surface area contributed by atoms with E-state index in [1.165, 1.54) is 0 Å². The van der Waals surface area contributed by atoms with E-state index in [0.717, 1.165) is 23.2 Å². The van der Waals surface area contributed by atoms with Crippen LogP contribution in [0.4, 0.5) is 0 Å². The number of rotatable bonds is 2. The number of aryl methyl sites for hydroxylation is 1. The maximum absolute atomic E-state index is 11.6. The van der Waals surface area contributed by atoms with Crippen molar-refractivity contribution in [3.8, 4) is 0 Å². The number of nitrogens with one attached hydrogen (secondary N) is 2. The zero-order valence-corrected chi connectivity index (χ0v) is 10.2. The van der Waals surface area contributed by atoms with Crippen LogP contribution >= 0.6 is 0 Å². The molecule has 1 aliphatic heterocycles. The molecule has 0 aliphatic carbocycles. The monoisotopic (exact) mass is 245 g/mol. The molecule has 0 radical (unpaired) electrons. The summed E-state index contributed by atoms with van der Waals surface area (Å²) in [6.45, 7) is 3.47. The van der Waals surface area contributed by atoms with Crippen molar-refractivity contribution in [3.05, 3.63) is 29.7 Å². The number of nitrogens with zero attached hydrogens (tertiary/aromatic N) is 1. The van der Waals surface area contributed by atoms with E-state index in [1.54, 1.807) is 0 Å². The Hall–Kier alpha value is -1.88. The minimum Gasteiger partial charge on any atom is -0.441 e. The highest BCUT2D eigenvalue weighted by atomic mass is 16.3. The number of para-hydroxylation sites is 1. The molecule has 0 saturated carbocycles. The van der Waals surface area contributed by atoms with Crippen molar-refractivity contribution in [3.63, 3.8) is 0 Å². The van der Waals surface area contributed by atoms with Gasteiger partial charge in [0.15, 0.2) is 11.5 Å². The van der Waals surface area contributed by atoms with Crippen LogP contribution in [0.3, 0.4) is 0 Å². The Morgan fingerprint density at radius 1 is 1.44 bits per heavy atom. The molecule has 3 rings (SSSR count). The van der Waals surface area contributed by atoms with Gasteiger partial charge >= 0.3 is 0 Å². The summed E-state index contributed by atoms with van der Waals surface area (Å²) < 4.78 is 5.67. The lowest BCUT2D eigenvalue weighted by Gasteiger charge is -2.22. The average Bonchev–Trinajstić information content (AvgIpc) is 2.76. The highest BCUT2D eigenvalue weighted by Gasteiger charge is 2.23. The third-order valence-electron chi connectivity index (χ3n) is 3.18. The first-order valence-corrected chi connectivity index (χ1v) is 6.10. The minimum absolute atomic E-state index is 0.0141. The van der Waals surface area contributed by atoms with Crippen LogP contribution in [0.25, 0.3) is 11.1 Å². The maximum Gasteiger partial charge on any atom is 0.237 e. The van der Waals surface area contributed by atoms with E-state index in [9.17, 15) is 4.79 Å². The van der Waals surface area contributed by atoms with E-state index in [2.05, 4.69) is 15.6 Å². The molecule has 5 heteroatoms. The van der Waals surface area contributed by atoms with Gasteiger partial charge in [-0.15, -0.1) is 0 Å². The first-order valence-electron chi connectivity index (χ1n) is 6.10. The van der Waals surface area contributed by atoms with Gasteiger partial charge in [0, 0.05) is 19.5 Å². The minimum atomic E-state index is -0.243. The summed E-state index contributed by atoms with van der Waals surface area (Å²) >= 11 is 0. The van der Waals surface area contributed by atoms with Gasteiger partial charge in [-0.25, -0.2) is 4.98 Å². The van der Waals surface area contributed by atoms with E-state index in [0.29, 0.717) is 18.9 Å². The Bertz CT molecular complexity index is 591. The Labute approximate surface area is 105 Å². The van der Waals surface area contributed by atoms with E-state index in [-0.39, 0.29) is 11.9 Å². The number of piperazine rings is 1. The van der Waals surface area contributed by atoms with E-state index in [4.69, 9.17) is 4.42 Å². The normalized spacial score (nSPS) is 20.1. The number of benzene rings is 1. The highest BCUT2D eigenvalue weighted by molar-refractivity contribution is 5.83. The zero-order chi connectivity index (χ0) is 12.5. The van der Waals surface area contributed by atoms with Crippen molar-refractivity contribution < 1.29 is 9.21 Å². The van der Waals surface area contributed by atoms with Crippen molar-refractivity contribution in [1.82, 2.24) is 15.6 Å². The molecule has 1 saturated heterocycles. The van der Waals surface area contributed by atoms with Gasteiger partial charge in [0.25, 0.3) is 0 Å². The van der Waals surface area contributed by atoms with E-state index in [1.807, 2.05) is 25.1 Å². The Morgan fingerprint density at radius 2 is 2.33 bits per heavy atom. The second kappa shape index (κ2) is 4.42. The molecule has 1 amide bonds. The number of carbonyl (C=O) groups excluding carboxylic acids is 1. The molecule has 2 N–H and O–H groups in total. The molecule has 1 aliphatic rings. The lowest BCUT2D eigenvalue weighted by atomic mass is 10.1. The molecule has 1 aromatic heterocycles. The van der Waals surface area contributed by atoms with Crippen LogP contribution in [0.1, 0.15) is 11.5 Å². The second-order valence-electron chi connectivity index (χ2n) is 4.53. The van der Waals surface area contributed by atoms with Crippen molar-refractivity contribution in [2.75, 3.05) is 13.1 Å². The van der Waals surface area contributed by atoms with Gasteiger partial charge in [0.05, 0.1) is 6.04 Å². The summed E-state index contributed by atoms with van der Waals surface area (Å²) in [7, 11) is 0. The Morgan fingerprint density at radius 3 is 3.11 bits per heavy atom. The third kappa shape index (κ3) is 1.97. The number of fused-ring (bicyclic) bond motifs is 1. The van der Waals surface area contributed by atoms with Crippen LogP contribution < -0.4 is 10.6 Å². The molecule has 5 nitrogen and oxygen atoms in total. The molecule has 1 atom stereocenters. The van der Waals surface area contributed by atoms with Crippen molar-refractivity contribution in [2.45, 2.75) is 19.4 Å². The predicted octanol–water partition coefficient (Wildman–Crippen LogP) is 0.767. The van der Waals surface area contributed by atoms with Crippen LogP contribution in [-0.2, 0) is 11.2 Å². The summed E-state index contributed by atoms with van der Waals surface area (Å²) in [4.78, 5) is 16.1. The number of hydrogen-bond acceptors (Lipinski definition) is 4. The SMILES string of the molecule is Cc1cccc2oc(CC3NCCNC3=O)nc12. The maximum atomic E-state index is 11.6. The highest BCUT2D eigenvalue weighted by Crippen LogP contribution is 2.19. The second-order valence-corrected chi connectivity index (χ2v) is 4.53. The first kappa shape index (κ1) is 11.2. The fraction of sp³-hybridized carbons (Fsp3) is 0.385.